The third-order valence-corrected chi connectivity index (χ3v) is 27.7. The zero-order valence-electron chi connectivity index (χ0n) is 81.2. The Bertz CT molecular complexity index is 4990. The molecule has 5 heterocycles. The summed E-state index contributed by atoms with van der Waals surface area (Å²) >= 11 is 0. The standard InChI is InChI=1S/C24H30N2O3.C24H32N2O.2C23H30N2O.C22H28N2O/c1-3-22(27)26(21-12-8-5-9-13-21)24(23(28)29-2)15-18-25(19-16-24)17-14-20-10-6-4-7-11-20;1-4-24(27)26(22-13-9-6-10-14-22)23-17-20(3)25(18-19(23)2)16-15-21-11-7-5-8-12-21;1-3-23(26)25(21-12-8-5-9-13-21)22-14-16-24(17-15-22)19(2)18-20-10-6-4-7-11-20;1-3-23(26)25(21-12-8-5-9-13-21)22-15-17-24(18-19(22)2)16-14-20-10-6-4-7-11-20;1-2-22(25)24(20-11-7-4-8-12-20)21-14-17-23(18-15-21)16-13-19-9-5-3-6-10-19/h4-13H,3,14-19H2,1-2H3;5-14,19-20,23H,4,15-18H2,1-3H3;2*4-13,19,22H,3,14-18H2,1-2H3;3-12,21H,2,13-18H2,1H3. The third kappa shape index (κ3) is 30.2. The molecule has 0 saturated carbocycles. The minimum absolute atomic E-state index is 0.0562. The molecule has 17 heteroatoms. The normalized spacial score (nSPS) is 18.6. The van der Waals surface area contributed by atoms with Crippen LogP contribution in [0.3, 0.4) is 0 Å². The molecular weight excluding hydrogens is 1650 g/mol. The van der Waals surface area contributed by atoms with Crippen LogP contribution in [-0.4, -0.2) is 194 Å². The maximum absolute atomic E-state index is 13.0. The molecule has 5 fully saturated rings. The quantitative estimate of drug-likeness (QED) is 0.0381. The van der Waals surface area contributed by atoms with E-state index in [2.05, 4.69) is 256 Å². The van der Waals surface area contributed by atoms with Crippen LogP contribution in [0.25, 0.3) is 0 Å². The van der Waals surface area contributed by atoms with Gasteiger partial charge >= 0.3 is 5.97 Å². The van der Waals surface area contributed by atoms with Gasteiger partial charge in [0, 0.05) is 182 Å². The largest absolute Gasteiger partial charge is 0.467 e. The Kier molecular flexibility index (Phi) is 41.7. The van der Waals surface area contributed by atoms with Gasteiger partial charge in [-0.1, -0.05) is 291 Å². The number of nitrogens with zero attached hydrogens (tertiary/aromatic N) is 10. The Morgan fingerprint density at radius 2 is 0.639 bits per heavy atom. The summed E-state index contributed by atoms with van der Waals surface area (Å²) in [5, 5.41) is 0. The Balaban J connectivity index is 0.000000160. The fraction of sp³-hybridized carbons (Fsp3) is 0.431. The number of ether oxygens (including phenoxy) is 1. The van der Waals surface area contributed by atoms with Crippen molar-refractivity contribution in [2.45, 2.75) is 220 Å². The van der Waals surface area contributed by atoms with E-state index in [0.717, 1.165) is 184 Å². The minimum atomic E-state index is -0.952. The van der Waals surface area contributed by atoms with Gasteiger partial charge in [0.1, 0.15) is 5.54 Å². The lowest BCUT2D eigenvalue weighted by Gasteiger charge is -2.46. The fourth-order valence-electron chi connectivity index (χ4n) is 20.1. The number of methoxy groups -OCH3 is 1. The molecule has 706 valence electrons. The van der Waals surface area contributed by atoms with E-state index in [0.29, 0.717) is 80.9 Å². The van der Waals surface area contributed by atoms with Gasteiger partial charge in [-0.2, -0.15) is 0 Å². The molecule has 0 radical (unpaired) electrons. The molecule has 15 rings (SSSR count). The summed E-state index contributed by atoms with van der Waals surface area (Å²) in [6, 6.07) is 106. The van der Waals surface area contributed by atoms with Crippen molar-refractivity contribution in [3.05, 3.63) is 331 Å². The molecular formula is C116H150N10O7. The molecule has 0 bridgehead atoms. The molecule has 0 N–H and O–H groups in total. The van der Waals surface area contributed by atoms with Crippen molar-refractivity contribution in [3.63, 3.8) is 0 Å². The van der Waals surface area contributed by atoms with Crippen molar-refractivity contribution in [2.75, 3.05) is 117 Å². The number of likely N-dealkylation sites (tertiary alicyclic amines) is 5. The average Bonchev–Trinajstić information content (AvgIpc) is 0.758. The van der Waals surface area contributed by atoms with Crippen LogP contribution in [0.4, 0.5) is 28.4 Å². The molecule has 6 unspecified atom stereocenters. The number of amides is 5. The van der Waals surface area contributed by atoms with E-state index in [4.69, 9.17) is 4.74 Å². The van der Waals surface area contributed by atoms with Crippen LogP contribution in [0, 0.1) is 11.8 Å². The summed E-state index contributed by atoms with van der Waals surface area (Å²) in [4.78, 5) is 98.9. The maximum atomic E-state index is 13.0. The van der Waals surface area contributed by atoms with Crippen LogP contribution >= 0.6 is 0 Å². The highest BCUT2D eigenvalue weighted by Gasteiger charge is 2.50. The Labute approximate surface area is 796 Å². The third-order valence-electron chi connectivity index (χ3n) is 27.7. The van der Waals surface area contributed by atoms with Gasteiger partial charge in [0.05, 0.1) is 7.11 Å². The van der Waals surface area contributed by atoms with E-state index in [9.17, 15) is 28.8 Å². The van der Waals surface area contributed by atoms with E-state index in [1.165, 1.54) is 34.9 Å². The molecule has 6 atom stereocenters. The number of hydrogen-bond acceptors (Lipinski definition) is 12. The molecule has 0 aromatic heterocycles. The molecule has 17 nitrogen and oxygen atoms in total. The fourth-order valence-corrected chi connectivity index (χ4v) is 20.1. The van der Waals surface area contributed by atoms with Crippen molar-refractivity contribution in [1.29, 1.82) is 0 Å². The monoisotopic (exact) mass is 1800 g/mol. The topological polar surface area (TPSA) is 144 Å². The number of benzene rings is 10. The first-order valence-corrected chi connectivity index (χ1v) is 49.7. The smallest absolute Gasteiger partial charge is 0.332 e. The maximum Gasteiger partial charge on any atom is 0.332 e. The molecule has 5 aliphatic heterocycles. The van der Waals surface area contributed by atoms with Crippen LogP contribution < -0.4 is 24.5 Å². The van der Waals surface area contributed by atoms with Crippen molar-refractivity contribution in [1.82, 2.24) is 24.5 Å². The van der Waals surface area contributed by atoms with Gasteiger partial charge in [0.25, 0.3) is 0 Å². The van der Waals surface area contributed by atoms with Gasteiger partial charge < -0.3 is 43.9 Å². The van der Waals surface area contributed by atoms with Crippen LogP contribution in [0.15, 0.2) is 303 Å². The molecule has 0 aliphatic carbocycles. The van der Waals surface area contributed by atoms with E-state index in [1.54, 1.807) is 4.90 Å². The summed E-state index contributed by atoms with van der Waals surface area (Å²) < 4.78 is 5.20. The van der Waals surface area contributed by atoms with Crippen molar-refractivity contribution in [3.8, 4) is 0 Å². The SMILES string of the molecule is CCC(=O)N(c1ccccc1)C1(C(=O)OC)CCN(CCc2ccccc2)CC1.CCC(=O)N(c1ccccc1)C1CC(C)N(CCc2ccccc2)CC1C.CCC(=O)N(c1ccccc1)C1CCN(C(C)Cc2ccccc2)CC1.CCC(=O)N(c1ccccc1)C1CCN(CCc2ccccc2)CC1.CCC(=O)N(c1ccccc1)C1CCN(CCc2ccccc2)CC1C. The zero-order valence-corrected chi connectivity index (χ0v) is 81.2. The van der Waals surface area contributed by atoms with Gasteiger partial charge in [-0.3, -0.25) is 33.8 Å². The Morgan fingerprint density at radius 3 is 1.01 bits per heavy atom. The highest BCUT2D eigenvalue weighted by molar-refractivity contribution is 6.02. The predicted octanol–water partition coefficient (Wildman–Crippen LogP) is 21.5. The van der Waals surface area contributed by atoms with Gasteiger partial charge in [0.2, 0.25) is 29.5 Å². The molecule has 5 aliphatic rings. The first-order valence-electron chi connectivity index (χ1n) is 49.7. The second kappa shape index (κ2) is 54.2. The van der Waals surface area contributed by atoms with E-state index >= 15 is 0 Å². The number of carbonyl (C=O) groups is 6. The summed E-state index contributed by atoms with van der Waals surface area (Å²) in [5.41, 5.74) is 10.8. The van der Waals surface area contributed by atoms with Crippen LogP contribution in [-0.2, 0) is 65.6 Å². The summed E-state index contributed by atoms with van der Waals surface area (Å²) in [7, 11) is 1.41. The second-order valence-electron chi connectivity index (χ2n) is 36.7. The molecule has 5 saturated heterocycles. The predicted molar refractivity (Wildman–Crippen MR) is 548 cm³/mol. The number of esters is 1. The molecule has 10 aromatic carbocycles. The average molecular weight is 1800 g/mol. The summed E-state index contributed by atoms with van der Waals surface area (Å²) in [6.07, 6.45) is 15.3. The van der Waals surface area contributed by atoms with Gasteiger partial charge in [-0.05, 0) is 198 Å². The first kappa shape index (κ1) is 102. The van der Waals surface area contributed by atoms with Crippen LogP contribution in [0.1, 0.15) is 174 Å². The van der Waals surface area contributed by atoms with Crippen molar-refractivity contribution >= 4 is 63.9 Å². The van der Waals surface area contributed by atoms with Gasteiger partial charge in [0.15, 0.2) is 0 Å². The highest BCUT2D eigenvalue weighted by Crippen LogP contribution is 2.38. The lowest BCUT2D eigenvalue weighted by atomic mass is 9.84. The van der Waals surface area contributed by atoms with Crippen molar-refractivity contribution < 1.29 is 33.5 Å². The zero-order chi connectivity index (χ0) is 94.1. The lowest BCUT2D eigenvalue weighted by molar-refractivity contribution is -0.151. The first-order chi connectivity index (χ1) is 64.8. The Morgan fingerprint density at radius 1 is 0.338 bits per heavy atom. The number of carbonyl (C=O) groups excluding carboxylic acids is 6. The van der Waals surface area contributed by atoms with E-state index in [1.807, 2.05) is 154 Å². The molecule has 133 heavy (non-hydrogen) atoms. The van der Waals surface area contributed by atoms with Crippen molar-refractivity contribution in [2.24, 2.45) is 11.8 Å². The summed E-state index contributed by atoms with van der Waals surface area (Å²) in [5.74, 6) is 1.45. The second-order valence-corrected chi connectivity index (χ2v) is 36.7. The minimum Gasteiger partial charge on any atom is -0.467 e. The number of piperidine rings is 5. The van der Waals surface area contributed by atoms with Crippen LogP contribution in [0.5, 0.6) is 0 Å². The molecule has 5 amide bonds. The number of anilines is 5. The van der Waals surface area contributed by atoms with E-state index in [-0.39, 0.29) is 47.6 Å². The number of rotatable bonds is 31. The van der Waals surface area contributed by atoms with Gasteiger partial charge in [-0.25, -0.2) is 4.79 Å². The van der Waals surface area contributed by atoms with E-state index < -0.39 is 5.54 Å². The highest BCUT2D eigenvalue weighted by atomic mass is 16.5. The molecule has 0 spiro atoms. The molecule has 10 aromatic rings. The van der Waals surface area contributed by atoms with Gasteiger partial charge in [-0.15, -0.1) is 0 Å². The van der Waals surface area contributed by atoms with Crippen LogP contribution in [0.2, 0.25) is 0 Å². The number of hydrogen-bond donors (Lipinski definition) is 0. The summed E-state index contributed by atoms with van der Waals surface area (Å²) in [6.45, 7) is 32.0. The Hall–Kier alpha value is -11.2. The number of para-hydroxylation sites is 5. The lowest BCUT2D eigenvalue weighted by Crippen LogP contribution is -2.62.